The molecule has 118 valence electrons. The van der Waals surface area contributed by atoms with E-state index >= 15 is 0 Å². The molecule has 0 spiro atoms. The number of unbranched alkanes of at least 4 members (excludes halogenated alkanes) is 2. The first-order valence-corrected chi connectivity index (χ1v) is 8.59. The topological polar surface area (TPSA) is 55.4 Å². The second-order valence-electron chi connectivity index (χ2n) is 5.94. The first-order chi connectivity index (χ1) is 9.30. The van der Waals surface area contributed by atoms with Crippen LogP contribution in [-0.2, 0) is 13.9 Å². The van der Waals surface area contributed by atoms with E-state index in [0.717, 1.165) is 30.3 Å². The highest BCUT2D eigenvalue weighted by molar-refractivity contribution is 7.40. The molecule has 0 saturated carbocycles. The molecule has 0 radical (unpaired) electrons. The largest absolute Gasteiger partial charge is 0.341 e. The summed E-state index contributed by atoms with van der Waals surface area (Å²) in [6.45, 7) is 6.75. The molecule has 0 aromatic carbocycles. The predicted molar refractivity (Wildman–Crippen MR) is 84.1 cm³/mol. The number of hydrogen-bond donors (Lipinski definition) is 1. The number of rotatable bonds is 11. The number of nitrogens with zero attached hydrogens (tertiary/aromatic N) is 1. The van der Waals surface area contributed by atoms with Crippen molar-refractivity contribution in [2.45, 2.75) is 38.4 Å². The molecule has 0 aromatic rings. The monoisotopic (exact) mass is 305 g/mol. The van der Waals surface area contributed by atoms with E-state index in [0.29, 0.717) is 13.0 Å². The van der Waals surface area contributed by atoms with Gasteiger partial charge in [0.05, 0.1) is 21.1 Å². The maximum absolute atomic E-state index is 12.2. The number of hydrogen-bond acceptors (Lipinski definition) is 3. The van der Waals surface area contributed by atoms with E-state index in [1.807, 2.05) is 0 Å². The van der Waals surface area contributed by atoms with Gasteiger partial charge in [0.1, 0.15) is 18.9 Å². The molecular weight excluding hydrogens is 275 g/mol. The standard InChI is InChI=1S/C14H29N2O3P/c1-6-8-9-10-14(15-13(17)7-2)20(18)19-12-11-16(3,4)5/h7,14,20H,2,6,8-12H2,1,3-5H3/p+1. The molecule has 0 rings (SSSR count). The summed E-state index contributed by atoms with van der Waals surface area (Å²) in [6.07, 6.45) is 4.98. The number of carbonyl (C=O) groups is 1. The highest BCUT2D eigenvalue weighted by atomic mass is 31.1. The highest BCUT2D eigenvalue weighted by Gasteiger charge is 2.19. The van der Waals surface area contributed by atoms with Crippen molar-refractivity contribution in [3.8, 4) is 0 Å². The summed E-state index contributed by atoms with van der Waals surface area (Å²) in [6, 6.07) is 0. The van der Waals surface area contributed by atoms with Crippen LogP contribution in [0.15, 0.2) is 12.7 Å². The lowest BCUT2D eigenvalue weighted by Crippen LogP contribution is -2.37. The van der Waals surface area contributed by atoms with E-state index in [2.05, 4.69) is 40.0 Å². The van der Waals surface area contributed by atoms with Crippen molar-refractivity contribution < 1.29 is 18.4 Å². The normalized spacial score (nSPS) is 14.6. The van der Waals surface area contributed by atoms with E-state index in [9.17, 15) is 9.36 Å². The Hall–Kier alpha value is -0.640. The smallest absolute Gasteiger partial charge is 0.244 e. The van der Waals surface area contributed by atoms with Crippen LogP contribution in [0.4, 0.5) is 0 Å². The molecule has 20 heavy (non-hydrogen) atoms. The Morgan fingerprint density at radius 2 is 2.05 bits per heavy atom. The highest BCUT2D eigenvalue weighted by Crippen LogP contribution is 2.31. The maximum Gasteiger partial charge on any atom is 0.244 e. The molecule has 1 amide bonds. The number of nitrogens with one attached hydrogen (secondary N) is 1. The molecular formula is C14H30N2O3P+. The predicted octanol–water partition coefficient (Wildman–Crippen LogP) is 2.39. The second kappa shape index (κ2) is 10.1. The van der Waals surface area contributed by atoms with E-state index in [4.69, 9.17) is 4.52 Å². The summed E-state index contributed by atoms with van der Waals surface area (Å²) in [7, 11) is 3.89. The van der Waals surface area contributed by atoms with Gasteiger partial charge in [-0.3, -0.25) is 9.36 Å². The van der Waals surface area contributed by atoms with Crippen molar-refractivity contribution in [3.63, 3.8) is 0 Å². The minimum absolute atomic E-state index is 0.292. The van der Waals surface area contributed by atoms with Gasteiger partial charge < -0.3 is 14.3 Å². The zero-order chi connectivity index (χ0) is 15.6. The van der Waals surface area contributed by atoms with Crippen LogP contribution in [0, 0.1) is 0 Å². The van der Waals surface area contributed by atoms with Crippen LogP contribution in [-0.4, -0.2) is 50.5 Å². The molecule has 1 N–H and O–H groups in total. The van der Waals surface area contributed by atoms with Crippen LogP contribution < -0.4 is 5.32 Å². The number of quaternary nitrogens is 1. The first-order valence-electron chi connectivity index (χ1n) is 7.20. The van der Waals surface area contributed by atoms with Gasteiger partial charge in [-0.25, -0.2) is 0 Å². The van der Waals surface area contributed by atoms with Gasteiger partial charge >= 0.3 is 0 Å². The van der Waals surface area contributed by atoms with Gasteiger partial charge in [0.15, 0.2) is 0 Å². The summed E-state index contributed by atoms with van der Waals surface area (Å²) < 4.78 is 18.4. The Morgan fingerprint density at radius 3 is 2.55 bits per heavy atom. The minimum Gasteiger partial charge on any atom is -0.341 e. The fourth-order valence-electron chi connectivity index (χ4n) is 1.60. The van der Waals surface area contributed by atoms with Gasteiger partial charge in [0.2, 0.25) is 13.9 Å². The van der Waals surface area contributed by atoms with Crippen molar-refractivity contribution >= 4 is 13.9 Å². The van der Waals surface area contributed by atoms with E-state index < -0.39 is 8.03 Å². The van der Waals surface area contributed by atoms with Crippen LogP contribution >= 0.6 is 8.03 Å². The van der Waals surface area contributed by atoms with E-state index in [-0.39, 0.29) is 11.7 Å². The molecule has 2 unspecified atom stereocenters. The molecule has 0 aliphatic carbocycles. The molecule has 6 heteroatoms. The summed E-state index contributed by atoms with van der Waals surface area (Å²) in [5, 5.41) is 2.72. The average Bonchev–Trinajstić information content (AvgIpc) is 2.35. The Kier molecular flexibility index (Phi) is 9.82. The van der Waals surface area contributed by atoms with Gasteiger partial charge in [0, 0.05) is 0 Å². The average molecular weight is 305 g/mol. The Bertz CT molecular complexity index is 327. The van der Waals surface area contributed by atoms with Gasteiger partial charge in [-0.05, 0) is 12.5 Å². The van der Waals surface area contributed by atoms with Crippen LogP contribution in [0.1, 0.15) is 32.6 Å². The lowest BCUT2D eigenvalue weighted by molar-refractivity contribution is -0.870. The zero-order valence-electron chi connectivity index (χ0n) is 13.3. The molecule has 0 heterocycles. The number of amides is 1. The van der Waals surface area contributed by atoms with Gasteiger partial charge in [-0.15, -0.1) is 0 Å². The molecule has 0 aliphatic rings. The van der Waals surface area contributed by atoms with Crippen LogP contribution in [0.25, 0.3) is 0 Å². The number of likely N-dealkylation sites (N-methyl/N-ethyl adjacent to an activating group) is 1. The lowest BCUT2D eigenvalue weighted by Gasteiger charge is -2.24. The van der Waals surface area contributed by atoms with Crippen LogP contribution in [0.5, 0.6) is 0 Å². The van der Waals surface area contributed by atoms with Crippen LogP contribution in [0.2, 0.25) is 0 Å². The van der Waals surface area contributed by atoms with Gasteiger partial charge in [-0.1, -0.05) is 32.8 Å². The SMILES string of the molecule is C=CC(=O)NC(CCCCC)[PH](=O)OCC[N+](C)(C)C. The molecule has 2 atom stereocenters. The summed E-state index contributed by atoms with van der Waals surface area (Å²) in [4.78, 5) is 11.4. The fraction of sp³-hybridized carbons (Fsp3) is 0.786. The fourth-order valence-corrected chi connectivity index (χ4v) is 2.79. The molecule has 0 bridgehead atoms. The Balaban J connectivity index is 4.31. The third-order valence-corrected chi connectivity index (χ3v) is 4.38. The van der Waals surface area contributed by atoms with Crippen molar-refractivity contribution in [2.24, 2.45) is 0 Å². The van der Waals surface area contributed by atoms with Gasteiger partial charge in [-0.2, -0.15) is 0 Å². The Labute approximate surface area is 123 Å². The Morgan fingerprint density at radius 1 is 1.40 bits per heavy atom. The summed E-state index contributed by atoms with van der Waals surface area (Å²) in [5.74, 6) is -0.676. The number of carbonyl (C=O) groups excluding carboxylic acids is 1. The van der Waals surface area contributed by atoms with E-state index in [1.165, 1.54) is 6.08 Å². The van der Waals surface area contributed by atoms with E-state index in [1.54, 1.807) is 0 Å². The van der Waals surface area contributed by atoms with Crippen LogP contribution in [0.3, 0.4) is 0 Å². The molecule has 0 saturated heterocycles. The van der Waals surface area contributed by atoms with Crippen molar-refractivity contribution in [2.75, 3.05) is 34.3 Å². The zero-order valence-corrected chi connectivity index (χ0v) is 14.3. The van der Waals surface area contributed by atoms with Gasteiger partial charge in [0.25, 0.3) is 0 Å². The maximum atomic E-state index is 12.2. The third-order valence-electron chi connectivity index (χ3n) is 2.89. The third kappa shape index (κ3) is 10.2. The van der Waals surface area contributed by atoms with Crippen molar-refractivity contribution in [1.82, 2.24) is 5.32 Å². The molecule has 0 aromatic heterocycles. The van der Waals surface area contributed by atoms with Crippen molar-refractivity contribution in [1.29, 1.82) is 0 Å². The quantitative estimate of drug-likeness (QED) is 0.276. The second-order valence-corrected chi connectivity index (χ2v) is 7.57. The summed E-state index contributed by atoms with van der Waals surface area (Å²) >= 11 is 0. The molecule has 5 nitrogen and oxygen atoms in total. The van der Waals surface area contributed by atoms with Crippen molar-refractivity contribution in [3.05, 3.63) is 12.7 Å². The summed E-state index contributed by atoms with van der Waals surface area (Å²) in [5.41, 5.74) is 0. The lowest BCUT2D eigenvalue weighted by atomic mass is 10.2. The first kappa shape index (κ1) is 19.4. The molecule has 0 fully saturated rings. The minimum atomic E-state index is -2.28. The molecule has 0 aliphatic heterocycles.